The van der Waals surface area contributed by atoms with Gasteiger partial charge in [0.2, 0.25) is 5.91 Å². The van der Waals surface area contributed by atoms with Gasteiger partial charge in [-0.2, -0.15) is 0 Å². The van der Waals surface area contributed by atoms with Gasteiger partial charge in [-0.15, -0.1) is 11.8 Å². The Morgan fingerprint density at radius 1 is 0.868 bits per heavy atom. The third-order valence-corrected chi connectivity index (χ3v) is 8.18. The smallest absolute Gasteiger partial charge is 0.416 e. The van der Waals surface area contributed by atoms with E-state index in [1.54, 1.807) is 19.1 Å². The molecule has 0 radical (unpaired) electrons. The summed E-state index contributed by atoms with van der Waals surface area (Å²) in [5.41, 5.74) is 3.41. The maximum absolute atomic E-state index is 15.9. The molecule has 2 atom stereocenters. The summed E-state index contributed by atoms with van der Waals surface area (Å²) in [6, 6.07) is 34.4. The maximum Gasteiger partial charge on any atom is 0.416 e. The predicted molar refractivity (Wildman–Crippen MR) is 147 cm³/mol. The molecule has 0 bridgehead atoms. The molecule has 1 saturated heterocycles. The van der Waals surface area contributed by atoms with Crippen LogP contribution in [0.1, 0.15) is 30.5 Å². The first kappa shape index (κ1) is 25.5. The molecule has 5 rings (SSSR count). The summed E-state index contributed by atoms with van der Waals surface area (Å²) in [4.78, 5) is 25.9. The Morgan fingerprint density at radius 3 is 1.82 bits per heavy atom. The number of thioether (sulfide) groups is 1. The van der Waals surface area contributed by atoms with Crippen molar-refractivity contribution in [3.63, 3.8) is 0 Å². The second-order valence-corrected chi connectivity index (χ2v) is 10.4. The second-order valence-electron chi connectivity index (χ2n) is 9.11. The van der Waals surface area contributed by atoms with E-state index < -0.39 is 28.9 Å². The van der Waals surface area contributed by atoms with Gasteiger partial charge in [0, 0.05) is 11.8 Å². The highest BCUT2D eigenvalue weighted by Gasteiger charge is 2.41. The van der Waals surface area contributed by atoms with Crippen molar-refractivity contribution in [3.8, 4) is 0 Å². The minimum absolute atomic E-state index is 0.312. The molecule has 0 aromatic heterocycles. The highest BCUT2D eigenvalue weighted by atomic mass is 32.2. The van der Waals surface area contributed by atoms with Crippen molar-refractivity contribution < 1.29 is 18.7 Å². The molecule has 7 heteroatoms. The zero-order valence-electron chi connectivity index (χ0n) is 21.0. The molecule has 2 amide bonds. The van der Waals surface area contributed by atoms with Gasteiger partial charge in [-0.25, -0.2) is 9.18 Å². The standard InChI is InChI=1S/C31H27FN2O3S/c1-21-29(33-22(2)35)37-30(36)34(21)26-18-19-28(27(32)20-26)38-31(23-12-6-3-7-13-23,24-14-8-4-9-15-24)25-16-10-5-11-17-25/h3-21,29H,1-2H3,(H,33,35)/t21?,29-/m0/s1. The molecule has 1 aliphatic heterocycles. The average molecular weight is 527 g/mol. The van der Waals surface area contributed by atoms with Gasteiger partial charge in [-0.3, -0.25) is 9.69 Å². The van der Waals surface area contributed by atoms with E-state index in [1.807, 2.05) is 54.6 Å². The van der Waals surface area contributed by atoms with Gasteiger partial charge in [0.15, 0.2) is 6.23 Å². The van der Waals surface area contributed by atoms with Crippen LogP contribution in [0.25, 0.3) is 0 Å². The normalized spacial score (nSPS) is 17.2. The van der Waals surface area contributed by atoms with Crippen LogP contribution in [0.3, 0.4) is 0 Å². The van der Waals surface area contributed by atoms with Crippen LogP contribution < -0.4 is 10.2 Å². The van der Waals surface area contributed by atoms with Crippen molar-refractivity contribution in [2.75, 3.05) is 4.90 Å². The molecule has 0 spiro atoms. The van der Waals surface area contributed by atoms with E-state index in [4.69, 9.17) is 4.74 Å². The van der Waals surface area contributed by atoms with E-state index in [-0.39, 0.29) is 5.91 Å². The molecule has 0 saturated carbocycles. The van der Waals surface area contributed by atoms with Crippen LogP contribution in [0, 0.1) is 5.82 Å². The van der Waals surface area contributed by atoms with E-state index in [1.165, 1.54) is 29.7 Å². The van der Waals surface area contributed by atoms with Crippen LogP contribution in [0.4, 0.5) is 14.9 Å². The van der Waals surface area contributed by atoms with Gasteiger partial charge >= 0.3 is 6.09 Å². The monoisotopic (exact) mass is 526 g/mol. The summed E-state index contributed by atoms with van der Waals surface area (Å²) in [6.45, 7) is 3.10. The number of nitrogens with zero attached hydrogens (tertiary/aromatic N) is 1. The first-order valence-corrected chi connectivity index (χ1v) is 13.1. The Bertz CT molecular complexity index is 1340. The highest BCUT2D eigenvalue weighted by molar-refractivity contribution is 8.00. The molecule has 1 fully saturated rings. The number of rotatable bonds is 7. The van der Waals surface area contributed by atoms with Crippen LogP contribution in [-0.2, 0) is 14.3 Å². The van der Waals surface area contributed by atoms with E-state index in [9.17, 15) is 9.59 Å². The Morgan fingerprint density at radius 2 is 1.37 bits per heavy atom. The number of ether oxygens (including phenoxy) is 1. The molecule has 192 valence electrons. The number of cyclic esters (lactones) is 1. The molecule has 0 aliphatic carbocycles. The number of hydrogen-bond donors (Lipinski definition) is 1. The van der Waals surface area contributed by atoms with E-state index in [0.717, 1.165) is 16.7 Å². The number of hydrogen-bond acceptors (Lipinski definition) is 4. The number of amides is 2. The van der Waals surface area contributed by atoms with Gasteiger partial charge < -0.3 is 10.1 Å². The van der Waals surface area contributed by atoms with Crippen molar-refractivity contribution in [1.82, 2.24) is 5.32 Å². The fraction of sp³-hybridized carbons (Fsp3) is 0.161. The maximum atomic E-state index is 15.9. The number of carbonyl (C=O) groups excluding carboxylic acids is 2. The summed E-state index contributed by atoms with van der Waals surface area (Å²) in [5, 5.41) is 2.61. The van der Waals surface area contributed by atoms with Crippen LogP contribution in [0.2, 0.25) is 0 Å². The summed E-state index contributed by atoms with van der Waals surface area (Å²) in [6.07, 6.45) is -1.44. The number of nitrogens with one attached hydrogen (secondary N) is 1. The van der Waals surface area contributed by atoms with Crippen LogP contribution >= 0.6 is 11.8 Å². The van der Waals surface area contributed by atoms with Crippen molar-refractivity contribution in [2.24, 2.45) is 0 Å². The van der Waals surface area contributed by atoms with Crippen molar-refractivity contribution >= 4 is 29.4 Å². The van der Waals surface area contributed by atoms with Crippen LogP contribution in [0.15, 0.2) is 114 Å². The molecule has 1 unspecified atom stereocenters. The fourth-order valence-electron chi connectivity index (χ4n) is 4.84. The third-order valence-electron chi connectivity index (χ3n) is 6.61. The topological polar surface area (TPSA) is 58.6 Å². The number of halogens is 1. The summed E-state index contributed by atoms with van der Waals surface area (Å²) < 4.78 is 20.4. The SMILES string of the molecule is CC(=O)N[C@H]1OC(=O)N(c2ccc(SC(c3ccccc3)(c3ccccc3)c3ccccc3)c(F)c2)C1C. The first-order chi connectivity index (χ1) is 18.4. The van der Waals surface area contributed by atoms with Gasteiger partial charge in [-0.1, -0.05) is 91.0 Å². The van der Waals surface area contributed by atoms with Gasteiger partial charge in [0.05, 0.1) is 16.5 Å². The van der Waals surface area contributed by atoms with Gasteiger partial charge in [-0.05, 0) is 41.8 Å². The summed E-state index contributed by atoms with van der Waals surface area (Å²) in [7, 11) is 0. The van der Waals surface area contributed by atoms with Crippen molar-refractivity contribution in [2.45, 2.75) is 35.8 Å². The Kier molecular flexibility index (Phi) is 7.20. The van der Waals surface area contributed by atoms with Gasteiger partial charge in [0.1, 0.15) is 5.82 Å². The first-order valence-electron chi connectivity index (χ1n) is 12.3. The molecule has 38 heavy (non-hydrogen) atoms. The number of anilines is 1. The predicted octanol–water partition coefficient (Wildman–Crippen LogP) is 6.72. The Hall–Kier alpha value is -4.10. The minimum Gasteiger partial charge on any atom is -0.423 e. The molecular weight excluding hydrogens is 499 g/mol. The quantitative estimate of drug-likeness (QED) is 0.215. The molecule has 1 aliphatic rings. The average Bonchev–Trinajstić information content (AvgIpc) is 3.21. The number of carbonyl (C=O) groups is 2. The zero-order valence-corrected chi connectivity index (χ0v) is 21.8. The van der Waals surface area contributed by atoms with E-state index >= 15 is 4.39 Å². The third kappa shape index (κ3) is 4.77. The van der Waals surface area contributed by atoms with Gasteiger partial charge in [0.25, 0.3) is 0 Å². The van der Waals surface area contributed by atoms with Crippen molar-refractivity contribution in [3.05, 3.63) is 132 Å². The van der Waals surface area contributed by atoms with Crippen molar-refractivity contribution in [1.29, 1.82) is 0 Å². The summed E-state index contributed by atoms with van der Waals surface area (Å²) >= 11 is 1.42. The zero-order chi connectivity index (χ0) is 26.7. The second kappa shape index (κ2) is 10.7. The molecular formula is C31H27FN2O3S. The van der Waals surface area contributed by atoms with Crippen LogP contribution in [-0.4, -0.2) is 24.3 Å². The molecule has 4 aromatic carbocycles. The number of benzene rings is 4. The lowest BCUT2D eigenvalue weighted by Crippen LogP contribution is -2.43. The Balaban J connectivity index is 1.58. The lowest BCUT2D eigenvalue weighted by molar-refractivity contribution is -0.121. The highest BCUT2D eigenvalue weighted by Crippen LogP contribution is 2.52. The molecule has 5 nitrogen and oxygen atoms in total. The van der Waals surface area contributed by atoms with Crippen LogP contribution in [0.5, 0.6) is 0 Å². The molecule has 4 aromatic rings. The molecule has 1 N–H and O–H groups in total. The minimum atomic E-state index is -0.806. The molecule has 1 heterocycles. The fourth-order valence-corrected chi connectivity index (χ4v) is 6.22. The Labute approximate surface area is 225 Å². The van der Waals surface area contributed by atoms with E-state index in [2.05, 4.69) is 41.7 Å². The van der Waals surface area contributed by atoms with E-state index in [0.29, 0.717) is 10.6 Å². The largest absolute Gasteiger partial charge is 0.423 e. The summed E-state index contributed by atoms with van der Waals surface area (Å²) in [5.74, 6) is -0.767. The lowest BCUT2D eigenvalue weighted by atomic mass is 9.84. The lowest BCUT2D eigenvalue weighted by Gasteiger charge is -2.35.